The summed E-state index contributed by atoms with van der Waals surface area (Å²) >= 11 is 4.76. The predicted octanol–water partition coefficient (Wildman–Crippen LogP) is 1.95. The molecule has 0 atom stereocenters. The fourth-order valence-electron chi connectivity index (χ4n) is 1.27. The molecule has 0 aromatic carbocycles. The number of aromatic nitrogens is 2. The minimum atomic E-state index is -1.43. The zero-order valence-electron chi connectivity index (χ0n) is 9.18. The van der Waals surface area contributed by atoms with Gasteiger partial charge in [-0.2, -0.15) is 0 Å². The van der Waals surface area contributed by atoms with Gasteiger partial charge in [0.2, 0.25) is 0 Å². The lowest BCUT2D eigenvalue weighted by atomic mass is 10.4. The maximum atomic E-state index is 11.6. The maximum absolute atomic E-state index is 11.6. The Morgan fingerprint density at radius 3 is 2.47 bits per heavy atom. The molecule has 84 valence electrons. The van der Waals surface area contributed by atoms with E-state index in [1.165, 1.54) is 0 Å². The van der Waals surface area contributed by atoms with Crippen molar-refractivity contribution in [3.8, 4) is 5.88 Å². The summed E-state index contributed by atoms with van der Waals surface area (Å²) in [5.74, 6) is -0.0854. The highest BCUT2D eigenvalue weighted by molar-refractivity contribution is 7.71. The molecular formula is C9H16N2O2SSi. The first-order chi connectivity index (χ1) is 6.85. The van der Waals surface area contributed by atoms with E-state index in [0.29, 0.717) is 11.6 Å². The summed E-state index contributed by atoms with van der Waals surface area (Å²) in [7, 11) is -1.43. The van der Waals surface area contributed by atoms with Gasteiger partial charge < -0.3 is 10.1 Å². The third-order valence-electron chi connectivity index (χ3n) is 2.63. The number of aromatic hydroxyl groups is 1. The second-order valence-corrected chi connectivity index (χ2v) is 10.2. The molecule has 0 bridgehead atoms. The zero-order chi connectivity index (χ0) is 11.6. The summed E-state index contributed by atoms with van der Waals surface area (Å²) < 4.78 is 0.164. The van der Waals surface area contributed by atoms with Crippen molar-refractivity contribution >= 4 is 20.3 Å². The third-order valence-corrected chi connectivity index (χ3v) is 6.06. The van der Waals surface area contributed by atoms with Gasteiger partial charge in [-0.3, -0.25) is 9.78 Å². The van der Waals surface area contributed by atoms with Gasteiger partial charge in [0.15, 0.2) is 10.7 Å². The SMILES string of the molecule is CC[Si](C)(C)Cc1c(O)[nH]c(=S)[nH]c1=O. The number of hydrogen-bond donors (Lipinski definition) is 3. The van der Waals surface area contributed by atoms with Gasteiger partial charge in [-0.15, -0.1) is 0 Å². The summed E-state index contributed by atoms with van der Waals surface area (Å²) in [6, 6.07) is 1.73. The van der Waals surface area contributed by atoms with Crippen LogP contribution < -0.4 is 5.56 Å². The Balaban J connectivity index is 3.17. The molecule has 1 aromatic rings. The molecule has 1 heterocycles. The van der Waals surface area contributed by atoms with Crippen LogP contribution in [0, 0.1) is 4.77 Å². The molecule has 0 aliphatic heterocycles. The summed E-state index contributed by atoms with van der Waals surface area (Å²) in [5.41, 5.74) is 0.160. The molecule has 1 rings (SSSR count). The Hall–Kier alpha value is -0.883. The highest BCUT2D eigenvalue weighted by Gasteiger charge is 2.22. The summed E-state index contributed by atoms with van der Waals surface area (Å²) in [5, 5.41) is 9.61. The highest BCUT2D eigenvalue weighted by Crippen LogP contribution is 2.18. The molecule has 6 heteroatoms. The van der Waals surface area contributed by atoms with E-state index < -0.39 is 8.07 Å². The van der Waals surface area contributed by atoms with Gasteiger partial charge in [-0.05, 0) is 18.3 Å². The lowest BCUT2D eigenvalue weighted by Crippen LogP contribution is -2.31. The average molecular weight is 244 g/mol. The van der Waals surface area contributed by atoms with Crippen LogP contribution >= 0.6 is 12.2 Å². The predicted molar refractivity (Wildman–Crippen MR) is 65.6 cm³/mol. The Morgan fingerprint density at radius 2 is 2.00 bits per heavy atom. The first-order valence-corrected chi connectivity index (χ1v) is 8.72. The normalized spacial score (nSPS) is 11.7. The minimum Gasteiger partial charge on any atom is -0.494 e. The number of hydrogen-bond acceptors (Lipinski definition) is 3. The standard InChI is InChI=1S/C9H16N2O2SSi/c1-4-15(2,3)5-6-7(12)10-9(14)11-8(6)13/h4-5H2,1-3H3,(H3,10,11,12,13,14). The van der Waals surface area contributed by atoms with E-state index in [2.05, 4.69) is 30.0 Å². The van der Waals surface area contributed by atoms with Crippen LogP contribution in [-0.4, -0.2) is 23.1 Å². The average Bonchev–Trinajstić information content (AvgIpc) is 2.11. The van der Waals surface area contributed by atoms with Crippen molar-refractivity contribution in [3.63, 3.8) is 0 Å². The van der Waals surface area contributed by atoms with Crippen molar-refractivity contribution < 1.29 is 5.11 Å². The van der Waals surface area contributed by atoms with E-state index in [9.17, 15) is 9.90 Å². The van der Waals surface area contributed by atoms with Gasteiger partial charge in [-0.1, -0.05) is 26.1 Å². The molecule has 0 spiro atoms. The van der Waals surface area contributed by atoms with Crippen LogP contribution in [0.5, 0.6) is 5.88 Å². The molecule has 0 fully saturated rings. The van der Waals surface area contributed by atoms with Crippen molar-refractivity contribution in [2.24, 2.45) is 0 Å². The van der Waals surface area contributed by atoms with E-state index >= 15 is 0 Å². The molecule has 4 nitrogen and oxygen atoms in total. The maximum Gasteiger partial charge on any atom is 0.258 e. The molecule has 0 saturated carbocycles. The Labute approximate surface area is 94.4 Å². The van der Waals surface area contributed by atoms with Crippen LogP contribution in [0.4, 0.5) is 0 Å². The number of rotatable bonds is 3. The first kappa shape index (κ1) is 12.2. The van der Waals surface area contributed by atoms with Gasteiger partial charge in [0.1, 0.15) is 0 Å². The van der Waals surface area contributed by atoms with E-state index in [0.717, 1.165) is 6.04 Å². The van der Waals surface area contributed by atoms with Gasteiger partial charge >= 0.3 is 0 Å². The van der Waals surface area contributed by atoms with Crippen molar-refractivity contribution in [2.75, 3.05) is 0 Å². The zero-order valence-corrected chi connectivity index (χ0v) is 11.0. The molecule has 0 unspecified atom stereocenters. The van der Waals surface area contributed by atoms with Crippen LogP contribution in [0.3, 0.4) is 0 Å². The van der Waals surface area contributed by atoms with Crippen LogP contribution in [0.1, 0.15) is 12.5 Å². The monoisotopic (exact) mass is 244 g/mol. The van der Waals surface area contributed by atoms with Gasteiger partial charge in [0.05, 0.1) is 13.6 Å². The largest absolute Gasteiger partial charge is 0.494 e. The van der Waals surface area contributed by atoms with Crippen molar-refractivity contribution in [2.45, 2.75) is 32.1 Å². The molecule has 0 aliphatic rings. The van der Waals surface area contributed by atoms with Crippen molar-refractivity contribution in [1.29, 1.82) is 0 Å². The molecular weight excluding hydrogens is 228 g/mol. The van der Waals surface area contributed by atoms with Crippen LogP contribution in [0.2, 0.25) is 19.1 Å². The quantitative estimate of drug-likeness (QED) is 0.562. The summed E-state index contributed by atoms with van der Waals surface area (Å²) in [4.78, 5) is 16.6. The first-order valence-electron chi connectivity index (χ1n) is 4.90. The number of nitrogens with one attached hydrogen (secondary N) is 2. The summed E-state index contributed by atoms with van der Waals surface area (Å²) in [6.07, 6.45) is 0. The third kappa shape index (κ3) is 3.03. The van der Waals surface area contributed by atoms with Crippen molar-refractivity contribution in [1.82, 2.24) is 9.97 Å². The molecule has 15 heavy (non-hydrogen) atoms. The number of H-pyrrole nitrogens is 2. The second kappa shape index (κ2) is 4.32. The lowest BCUT2D eigenvalue weighted by molar-refractivity contribution is 0.444. The Bertz CT molecular complexity index is 464. The fourth-order valence-corrected chi connectivity index (χ4v) is 2.99. The van der Waals surface area contributed by atoms with Crippen LogP contribution in [-0.2, 0) is 6.04 Å². The van der Waals surface area contributed by atoms with Crippen LogP contribution in [0.15, 0.2) is 4.79 Å². The van der Waals surface area contributed by atoms with E-state index in [1.54, 1.807) is 0 Å². The summed E-state index contributed by atoms with van der Waals surface area (Å²) in [6.45, 7) is 6.49. The highest BCUT2D eigenvalue weighted by atomic mass is 32.1. The smallest absolute Gasteiger partial charge is 0.258 e. The molecule has 0 aliphatic carbocycles. The number of aromatic amines is 2. The van der Waals surface area contributed by atoms with Crippen LogP contribution in [0.25, 0.3) is 0 Å². The molecule has 3 N–H and O–H groups in total. The minimum absolute atomic E-state index is 0.0854. The lowest BCUT2D eigenvalue weighted by Gasteiger charge is -2.19. The molecule has 0 saturated heterocycles. The van der Waals surface area contributed by atoms with E-state index in [-0.39, 0.29) is 16.2 Å². The van der Waals surface area contributed by atoms with Crippen molar-refractivity contribution in [3.05, 3.63) is 20.7 Å². The topological polar surface area (TPSA) is 68.9 Å². The van der Waals surface area contributed by atoms with Gasteiger partial charge in [0.25, 0.3) is 5.56 Å². The van der Waals surface area contributed by atoms with Gasteiger partial charge in [-0.25, -0.2) is 0 Å². The fraction of sp³-hybridized carbons (Fsp3) is 0.556. The van der Waals surface area contributed by atoms with E-state index in [1.807, 2.05) is 0 Å². The second-order valence-electron chi connectivity index (χ2n) is 4.43. The van der Waals surface area contributed by atoms with E-state index in [4.69, 9.17) is 12.2 Å². The molecule has 0 radical (unpaired) electrons. The molecule has 0 amide bonds. The molecule has 1 aromatic heterocycles. The Morgan fingerprint density at radius 1 is 1.40 bits per heavy atom. The van der Waals surface area contributed by atoms with Gasteiger partial charge in [0, 0.05) is 0 Å². The Kier molecular flexibility index (Phi) is 3.51.